The lowest BCUT2D eigenvalue weighted by Gasteiger charge is -2.17. The van der Waals surface area contributed by atoms with Crippen LogP contribution in [0.3, 0.4) is 0 Å². The second kappa shape index (κ2) is 10.4. The smallest absolute Gasteiger partial charge is 0.203 e. The zero-order chi connectivity index (χ0) is 29.7. The molecule has 3 heterocycles. The lowest BCUT2D eigenvalue weighted by molar-refractivity contribution is 0.231. The number of ether oxygens (including phenoxy) is 1. The lowest BCUT2D eigenvalue weighted by Crippen LogP contribution is -2.17. The SMILES string of the molecule is Cc1cccc(-c2c(C(C)n3nc(-c4ccc(OC(C)C)c(F)c4)c4c(N)ncnc43)oc3cccc(F)c3c2=O)c1. The molecule has 3 aromatic carbocycles. The molecule has 0 aliphatic rings. The molecule has 6 rings (SSSR count). The van der Waals surface area contributed by atoms with Crippen LogP contribution in [-0.2, 0) is 0 Å². The number of nitrogens with two attached hydrogens (primary N) is 1. The molecule has 0 amide bonds. The van der Waals surface area contributed by atoms with E-state index in [9.17, 15) is 9.18 Å². The van der Waals surface area contributed by atoms with E-state index in [1.807, 2.05) is 39.0 Å². The number of hydrogen-bond donors (Lipinski definition) is 1. The minimum absolute atomic E-state index is 0.104. The minimum Gasteiger partial charge on any atom is -0.488 e. The molecule has 6 aromatic rings. The van der Waals surface area contributed by atoms with E-state index in [2.05, 4.69) is 9.97 Å². The summed E-state index contributed by atoms with van der Waals surface area (Å²) in [5, 5.41) is 5.07. The molecule has 42 heavy (non-hydrogen) atoms. The largest absolute Gasteiger partial charge is 0.488 e. The van der Waals surface area contributed by atoms with Crippen molar-refractivity contribution < 1.29 is 17.9 Å². The summed E-state index contributed by atoms with van der Waals surface area (Å²) in [4.78, 5) is 22.5. The van der Waals surface area contributed by atoms with Gasteiger partial charge in [0, 0.05) is 5.56 Å². The van der Waals surface area contributed by atoms with Crippen molar-refractivity contribution in [2.45, 2.75) is 39.8 Å². The summed E-state index contributed by atoms with van der Waals surface area (Å²) in [6, 6.07) is 15.4. The van der Waals surface area contributed by atoms with Gasteiger partial charge in [0.25, 0.3) is 0 Å². The lowest BCUT2D eigenvalue weighted by atomic mass is 9.98. The fourth-order valence-electron chi connectivity index (χ4n) is 5.16. The zero-order valence-corrected chi connectivity index (χ0v) is 23.4. The molecule has 10 heteroatoms. The van der Waals surface area contributed by atoms with Crippen molar-refractivity contribution in [3.05, 3.63) is 100 Å². The Labute approximate surface area is 239 Å². The molecular formula is C32H27F2N5O3. The Morgan fingerprint density at radius 2 is 1.71 bits per heavy atom. The van der Waals surface area contributed by atoms with Crippen LogP contribution in [0.15, 0.2) is 76.2 Å². The number of hydrogen-bond acceptors (Lipinski definition) is 7. The molecule has 212 valence electrons. The average Bonchev–Trinajstić information content (AvgIpc) is 3.34. The maximum atomic E-state index is 15.0. The Bertz CT molecular complexity index is 2050. The highest BCUT2D eigenvalue weighted by Gasteiger charge is 2.28. The van der Waals surface area contributed by atoms with Crippen LogP contribution in [-0.4, -0.2) is 25.9 Å². The monoisotopic (exact) mass is 567 g/mol. The van der Waals surface area contributed by atoms with Gasteiger partial charge in [0.15, 0.2) is 17.2 Å². The third kappa shape index (κ3) is 4.54. The van der Waals surface area contributed by atoms with E-state index in [1.54, 1.807) is 29.8 Å². The van der Waals surface area contributed by atoms with Crippen LogP contribution in [0.4, 0.5) is 14.6 Å². The maximum absolute atomic E-state index is 15.0. The second-order valence-electron chi connectivity index (χ2n) is 10.4. The number of halogens is 2. The van der Waals surface area contributed by atoms with Crippen LogP contribution in [0.25, 0.3) is 44.4 Å². The number of rotatable bonds is 6. The Morgan fingerprint density at radius 1 is 0.929 bits per heavy atom. The molecular weight excluding hydrogens is 540 g/mol. The van der Waals surface area contributed by atoms with Gasteiger partial charge < -0.3 is 14.9 Å². The highest BCUT2D eigenvalue weighted by atomic mass is 19.1. The molecule has 1 atom stereocenters. The van der Waals surface area contributed by atoms with Gasteiger partial charge in [-0.05, 0) is 63.6 Å². The normalized spacial score (nSPS) is 12.4. The van der Waals surface area contributed by atoms with E-state index in [0.29, 0.717) is 27.9 Å². The van der Waals surface area contributed by atoms with Crippen molar-refractivity contribution in [1.82, 2.24) is 19.7 Å². The summed E-state index contributed by atoms with van der Waals surface area (Å²) < 4.78 is 43.3. The average molecular weight is 568 g/mol. The molecule has 1 unspecified atom stereocenters. The predicted molar refractivity (Wildman–Crippen MR) is 157 cm³/mol. The Kier molecular flexibility index (Phi) is 6.68. The van der Waals surface area contributed by atoms with E-state index in [-0.39, 0.29) is 40.0 Å². The van der Waals surface area contributed by atoms with Crippen molar-refractivity contribution in [2.24, 2.45) is 0 Å². The third-order valence-corrected chi connectivity index (χ3v) is 7.03. The first kappa shape index (κ1) is 27.1. The van der Waals surface area contributed by atoms with Gasteiger partial charge in [-0.25, -0.2) is 23.4 Å². The summed E-state index contributed by atoms with van der Waals surface area (Å²) in [5.41, 5.74) is 8.72. The van der Waals surface area contributed by atoms with Gasteiger partial charge in [-0.3, -0.25) is 4.79 Å². The van der Waals surface area contributed by atoms with Crippen molar-refractivity contribution in [2.75, 3.05) is 5.73 Å². The highest BCUT2D eigenvalue weighted by Crippen LogP contribution is 2.37. The number of aromatic nitrogens is 4. The fraction of sp³-hybridized carbons (Fsp3) is 0.188. The first-order valence-corrected chi connectivity index (χ1v) is 13.4. The van der Waals surface area contributed by atoms with E-state index in [0.717, 1.165) is 5.56 Å². The third-order valence-electron chi connectivity index (χ3n) is 7.03. The molecule has 8 nitrogen and oxygen atoms in total. The molecule has 0 aliphatic carbocycles. The summed E-state index contributed by atoms with van der Waals surface area (Å²) >= 11 is 0. The minimum atomic E-state index is -0.722. The topological polar surface area (TPSA) is 109 Å². The van der Waals surface area contributed by atoms with Gasteiger partial charge in [-0.1, -0.05) is 35.9 Å². The number of benzene rings is 3. The van der Waals surface area contributed by atoms with Crippen molar-refractivity contribution in [3.8, 4) is 28.1 Å². The molecule has 3 aromatic heterocycles. The van der Waals surface area contributed by atoms with E-state index < -0.39 is 23.1 Å². The predicted octanol–water partition coefficient (Wildman–Crippen LogP) is 6.83. The molecule has 0 saturated heterocycles. The van der Waals surface area contributed by atoms with Crippen LogP contribution in [0.5, 0.6) is 5.75 Å². The number of aryl methyl sites for hydroxylation is 1. The Balaban J connectivity index is 1.60. The van der Waals surface area contributed by atoms with Crippen molar-refractivity contribution >= 4 is 27.8 Å². The molecule has 0 spiro atoms. The highest BCUT2D eigenvalue weighted by molar-refractivity contribution is 5.98. The van der Waals surface area contributed by atoms with E-state index >= 15 is 4.39 Å². The molecule has 0 bridgehead atoms. The number of nitrogen functional groups attached to an aromatic ring is 1. The van der Waals surface area contributed by atoms with Gasteiger partial charge >= 0.3 is 0 Å². The van der Waals surface area contributed by atoms with E-state index in [1.165, 1.54) is 30.6 Å². The Hall–Kier alpha value is -5.12. The summed E-state index contributed by atoms with van der Waals surface area (Å²) in [6.07, 6.45) is 1.10. The van der Waals surface area contributed by atoms with Gasteiger partial charge in [0.2, 0.25) is 5.43 Å². The number of fused-ring (bicyclic) bond motifs is 2. The van der Waals surface area contributed by atoms with Crippen LogP contribution in [0, 0.1) is 18.6 Å². The zero-order valence-electron chi connectivity index (χ0n) is 23.4. The molecule has 0 saturated carbocycles. The summed E-state index contributed by atoms with van der Waals surface area (Å²) in [7, 11) is 0. The molecule has 2 N–H and O–H groups in total. The van der Waals surface area contributed by atoms with Crippen LogP contribution < -0.4 is 15.9 Å². The van der Waals surface area contributed by atoms with Crippen molar-refractivity contribution in [1.29, 1.82) is 0 Å². The van der Waals surface area contributed by atoms with Crippen molar-refractivity contribution in [3.63, 3.8) is 0 Å². The van der Waals surface area contributed by atoms with Crippen LogP contribution >= 0.6 is 0 Å². The molecule has 0 aliphatic heterocycles. The van der Waals surface area contributed by atoms with Crippen LogP contribution in [0.2, 0.25) is 0 Å². The Morgan fingerprint density at radius 3 is 2.45 bits per heavy atom. The van der Waals surface area contributed by atoms with E-state index in [4.69, 9.17) is 20.0 Å². The van der Waals surface area contributed by atoms with Crippen LogP contribution in [0.1, 0.15) is 38.1 Å². The van der Waals surface area contributed by atoms with Gasteiger partial charge in [-0.15, -0.1) is 0 Å². The quantitative estimate of drug-likeness (QED) is 0.235. The number of nitrogens with zero attached hydrogens (tertiary/aromatic N) is 4. The maximum Gasteiger partial charge on any atom is 0.203 e. The summed E-state index contributed by atoms with van der Waals surface area (Å²) in [6.45, 7) is 7.32. The first-order chi connectivity index (χ1) is 20.1. The molecule has 0 radical (unpaired) electrons. The number of anilines is 1. The van der Waals surface area contributed by atoms with Gasteiger partial charge in [0.05, 0.1) is 17.1 Å². The molecule has 0 fully saturated rings. The standard InChI is InChI=1S/C32H27F2N5O3/c1-16(2)41-23-12-11-20(14-22(23)34)28-27-31(35)36-15-37-32(27)39(38-28)18(4)30-25(19-8-5-7-17(3)13-19)29(40)26-21(33)9-6-10-24(26)42-30/h5-16,18H,1-4H3,(H2,35,36,37). The first-order valence-electron chi connectivity index (χ1n) is 13.4. The second-order valence-corrected chi connectivity index (χ2v) is 10.4. The van der Waals surface area contributed by atoms with Gasteiger partial charge in [-0.2, -0.15) is 5.10 Å². The van der Waals surface area contributed by atoms with Gasteiger partial charge in [0.1, 0.15) is 46.4 Å². The fourth-order valence-corrected chi connectivity index (χ4v) is 5.16. The summed E-state index contributed by atoms with van der Waals surface area (Å²) in [5.74, 6) is -0.714.